The zero-order valence-corrected chi connectivity index (χ0v) is 11.4. The highest BCUT2D eigenvalue weighted by Gasteiger charge is 2.13. The summed E-state index contributed by atoms with van der Waals surface area (Å²) in [5.41, 5.74) is 0.877. The van der Waals surface area contributed by atoms with Gasteiger partial charge in [0, 0.05) is 17.1 Å². The van der Waals surface area contributed by atoms with Crippen LogP contribution in [0, 0.1) is 5.92 Å². The molecule has 1 saturated heterocycles. The molecule has 1 aliphatic rings. The maximum absolute atomic E-state index is 9.67. The van der Waals surface area contributed by atoms with Gasteiger partial charge in [0.25, 0.3) is 0 Å². The molecule has 1 aromatic rings. The van der Waals surface area contributed by atoms with Crippen LogP contribution < -0.4 is 5.32 Å². The van der Waals surface area contributed by atoms with Crippen molar-refractivity contribution in [2.45, 2.75) is 19.4 Å². The molecule has 0 aromatic heterocycles. The monoisotopic (exact) mass is 271 g/mol. The number of hydrogen-bond donors (Lipinski definition) is 2. The largest absolute Gasteiger partial charge is 0.508 e. The molecule has 1 aromatic carbocycles. The average molecular weight is 272 g/mol. The van der Waals surface area contributed by atoms with Crippen molar-refractivity contribution < 1.29 is 5.11 Å². The van der Waals surface area contributed by atoms with Gasteiger partial charge in [-0.25, -0.2) is 0 Å². The van der Waals surface area contributed by atoms with Crippen molar-refractivity contribution in [1.29, 1.82) is 0 Å². The van der Waals surface area contributed by atoms with Crippen molar-refractivity contribution in [1.82, 2.24) is 5.32 Å². The number of aromatic hydroxyl groups is 1. The Morgan fingerprint density at radius 1 is 1.35 bits per heavy atom. The number of rotatable bonds is 4. The van der Waals surface area contributed by atoms with Gasteiger partial charge in [-0.2, -0.15) is 11.8 Å². The molecule has 0 unspecified atom stereocenters. The molecule has 2 nitrogen and oxygen atoms in total. The molecular weight excluding hydrogens is 254 g/mol. The number of halogens is 1. The summed E-state index contributed by atoms with van der Waals surface area (Å²) >= 11 is 7.95. The molecule has 0 spiro atoms. The van der Waals surface area contributed by atoms with Gasteiger partial charge < -0.3 is 10.4 Å². The van der Waals surface area contributed by atoms with Crippen LogP contribution in [-0.4, -0.2) is 23.2 Å². The minimum Gasteiger partial charge on any atom is -0.508 e. The molecule has 17 heavy (non-hydrogen) atoms. The third-order valence-electron chi connectivity index (χ3n) is 3.13. The fourth-order valence-electron chi connectivity index (χ4n) is 2.06. The Balaban J connectivity index is 1.79. The Kier molecular flexibility index (Phi) is 5.01. The zero-order valence-electron chi connectivity index (χ0n) is 9.79. The van der Waals surface area contributed by atoms with E-state index in [2.05, 4.69) is 5.32 Å². The summed E-state index contributed by atoms with van der Waals surface area (Å²) in [4.78, 5) is 0. The van der Waals surface area contributed by atoms with Crippen LogP contribution in [0.4, 0.5) is 0 Å². The first kappa shape index (κ1) is 13.1. The SMILES string of the molecule is Oc1ccc(Cl)cc1CNCC1CCSCC1. The van der Waals surface area contributed by atoms with Crippen molar-refractivity contribution in [3.63, 3.8) is 0 Å². The van der Waals surface area contributed by atoms with Gasteiger partial charge in [-0.05, 0) is 55.0 Å². The maximum Gasteiger partial charge on any atom is 0.120 e. The first-order valence-electron chi connectivity index (χ1n) is 6.01. The molecule has 2 N–H and O–H groups in total. The summed E-state index contributed by atoms with van der Waals surface area (Å²) in [6.07, 6.45) is 2.61. The normalized spacial score (nSPS) is 17.2. The van der Waals surface area contributed by atoms with E-state index in [4.69, 9.17) is 11.6 Å². The van der Waals surface area contributed by atoms with E-state index in [1.807, 2.05) is 17.8 Å². The minimum absolute atomic E-state index is 0.320. The lowest BCUT2D eigenvalue weighted by atomic mass is 10.0. The van der Waals surface area contributed by atoms with Gasteiger partial charge in [0.1, 0.15) is 5.75 Å². The molecular formula is C13H18ClNOS. The average Bonchev–Trinajstić information content (AvgIpc) is 2.35. The summed E-state index contributed by atoms with van der Waals surface area (Å²) in [6, 6.07) is 5.18. The van der Waals surface area contributed by atoms with Crippen LogP contribution in [0.2, 0.25) is 5.02 Å². The van der Waals surface area contributed by atoms with Crippen molar-refractivity contribution >= 4 is 23.4 Å². The minimum atomic E-state index is 0.320. The molecule has 0 amide bonds. The van der Waals surface area contributed by atoms with Crippen LogP contribution in [0.25, 0.3) is 0 Å². The molecule has 1 aliphatic heterocycles. The third-order valence-corrected chi connectivity index (χ3v) is 4.41. The molecule has 94 valence electrons. The van der Waals surface area contributed by atoms with E-state index in [0.717, 1.165) is 18.0 Å². The molecule has 0 atom stereocenters. The first-order valence-corrected chi connectivity index (χ1v) is 7.55. The molecule has 2 rings (SSSR count). The standard InChI is InChI=1S/C13H18ClNOS/c14-12-1-2-13(16)11(7-12)9-15-8-10-3-5-17-6-4-10/h1-2,7,10,15-16H,3-6,8-9H2. The van der Waals surface area contributed by atoms with Crippen LogP contribution in [0.3, 0.4) is 0 Å². The van der Waals surface area contributed by atoms with Gasteiger partial charge in [0.05, 0.1) is 0 Å². The van der Waals surface area contributed by atoms with E-state index >= 15 is 0 Å². The molecule has 0 aliphatic carbocycles. The Morgan fingerprint density at radius 3 is 2.88 bits per heavy atom. The Hall–Kier alpha value is -0.380. The topological polar surface area (TPSA) is 32.3 Å². The Labute approximate surface area is 112 Å². The second-order valence-corrected chi connectivity index (χ2v) is 6.12. The number of hydrogen-bond acceptors (Lipinski definition) is 3. The van der Waals surface area contributed by atoms with Crippen molar-refractivity contribution in [2.75, 3.05) is 18.1 Å². The Morgan fingerprint density at radius 2 is 2.12 bits per heavy atom. The zero-order chi connectivity index (χ0) is 12.1. The number of benzene rings is 1. The predicted molar refractivity (Wildman–Crippen MR) is 74.9 cm³/mol. The summed E-state index contributed by atoms with van der Waals surface area (Å²) in [5.74, 6) is 3.68. The van der Waals surface area contributed by atoms with Crippen LogP contribution >= 0.6 is 23.4 Å². The summed E-state index contributed by atoms with van der Waals surface area (Å²) < 4.78 is 0. The highest BCUT2D eigenvalue weighted by Crippen LogP contribution is 2.23. The molecule has 0 bridgehead atoms. The fraction of sp³-hybridized carbons (Fsp3) is 0.538. The quantitative estimate of drug-likeness (QED) is 0.882. The summed E-state index contributed by atoms with van der Waals surface area (Å²) in [6.45, 7) is 1.72. The number of thioether (sulfide) groups is 1. The number of nitrogens with one attached hydrogen (secondary N) is 1. The molecule has 1 fully saturated rings. The maximum atomic E-state index is 9.67. The summed E-state index contributed by atoms with van der Waals surface area (Å²) in [7, 11) is 0. The van der Waals surface area contributed by atoms with Gasteiger partial charge in [0.2, 0.25) is 0 Å². The van der Waals surface area contributed by atoms with E-state index in [1.54, 1.807) is 12.1 Å². The van der Waals surface area contributed by atoms with Crippen molar-refractivity contribution in [2.24, 2.45) is 5.92 Å². The highest BCUT2D eigenvalue weighted by molar-refractivity contribution is 7.99. The summed E-state index contributed by atoms with van der Waals surface area (Å²) in [5, 5.41) is 13.8. The van der Waals surface area contributed by atoms with Crippen LogP contribution in [0.15, 0.2) is 18.2 Å². The smallest absolute Gasteiger partial charge is 0.120 e. The molecule has 1 heterocycles. The third kappa shape index (κ3) is 4.09. The highest BCUT2D eigenvalue weighted by atomic mass is 35.5. The van der Waals surface area contributed by atoms with Gasteiger partial charge >= 0.3 is 0 Å². The van der Waals surface area contributed by atoms with E-state index in [1.165, 1.54) is 24.3 Å². The fourth-order valence-corrected chi connectivity index (χ4v) is 3.46. The van der Waals surface area contributed by atoms with E-state index in [9.17, 15) is 5.11 Å². The van der Waals surface area contributed by atoms with Crippen LogP contribution in [0.1, 0.15) is 18.4 Å². The van der Waals surface area contributed by atoms with Crippen molar-refractivity contribution in [3.05, 3.63) is 28.8 Å². The second kappa shape index (κ2) is 6.53. The predicted octanol–water partition coefficient (Wildman–Crippen LogP) is 3.28. The first-order chi connectivity index (χ1) is 8.25. The Bertz CT molecular complexity index is 366. The molecule has 0 radical (unpaired) electrons. The molecule has 4 heteroatoms. The van der Waals surface area contributed by atoms with Gasteiger partial charge in [-0.1, -0.05) is 11.6 Å². The van der Waals surface area contributed by atoms with E-state index in [-0.39, 0.29) is 0 Å². The second-order valence-electron chi connectivity index (χ2n) is 4.46. The number of phenolic OH excluding ortho intramolecular Hbond substituents is 1. The van der Waals surface area contributed by atoms with Gasteiger partial charge in [0.15, 0.2) is 0 Å². The number of phenols is 1. The van der Waals surface area contributed by atoms with Gasteiger partial charge in [-0.3, -0.25) is 0 Å². The lowest BCUT2D eigenvalue weighted by molar-refractivity contribution is 0.436. The van der Waals surface area contributed by atoms with Gasteiger partial charge in [-0.15, -0.1) is 0 Å². The van der Waals surface area contributed by atoms with E-state index < -0.39 is 0 Å². The lowest BCUT2D eigenvalue weighted by Gasteiger charge is -2.21. The van der Waals surface area contributed by atoms with Crippen molar-refractivity contribution in [3.8, 4) is 5.75 Å². The van der Waals surface area contributed by atoms with E-state index in [0.29, 0.717) is 17.3 Å². The van der Waals surface area contributed by atoms with Crippen LogP contribution in [-0.2, 0) is 6.54 Å². The molecule has 0 saturated carbocycles. The lowest BCUT2D eigenvalue weighted by Crippen LogP contribution is -2.25. The van der Waals surface area contributed by atoms with Crippen LogP contribution in [0.5, 0.6) is 5.75 Å².